The average Bonchev–Trinajstić information content (AvgIpc) is 2.20. The molecule has 0 aromatic carbocycles. The normalized spacial score (nSPS) is 21.4. The second-order valence-electron chi connectivity index (χ2n) is 3.39. The summed E-state index contributed by atoms with van der Waals surface area (Å²) in [5.41, 5.74) is 1.29. The number of nitrogens with zero attached hydrogens (tertiary/aromatic N) is 1. The molecule has 1 saturated heterocycles. The maximum Gasteiger partial charge on any atom is 0.110 e. The lowest BCUT2D eigenvalue weighted by Gasteiger charge is -2.24. The number of hydrogen-bond acceptors (Lipinski definition) is 2. The Morgan fingerprint density at radius 2 is 2.29 bits per heavy atom. The van der Waals surface area contributed by atoms with Gasteiger partial charge in [0.2, 0.25) is 0 Å². The van der Waals surface area contributed by atoms with Gasteiger partial charge in [-0.05, 0) is 41.4 Å². The molecule has 1 atom stereocenters. The lowest BCUT2D eigenvalue weighted by atomic mass is 9.99. The lowest BCUT2D eigenvalue weighted by molar-refractivity contribution is 0.410. The third-order valence-electron chi connectivity index (χ3n) is 2.47. The topological polar surface area (TPSA) is 24.9 Å². The predicted molar refractivity (Wildman–Crippen MR) is 63.8 cm³/mol. The number of aromatic nitrogens is 1. The van der Waals surface area contributed by atoms with Crippen molar-refractivity contribution in [1.82, 2.24) is 10.3 Å². The molecule has 2 nitrogen and oxygen atoms in total. The molecule has 0 saturated carbocycles. The molecule has 1 fully saturated rings. The van der Waals surface area contributed by atoms with Crippen LogP contribution in [0.4, 0.5) is 0 Å². The van der Waals surface area contributed by atoms with Crippen molar-refractivity contribution in [2.24, 2.45) is 0 Å². The van der Waals surface area contributed by atoms with Crippen molar-refractivity contribution in [3.63, 3.8) is 0 Å². The first-order valence-corrected chi connectivity index (χ1v) is 5.51. The molecule has 2 rings (SSSR count). The molecular formula is C10H14BrClN2. The van der Waals surface area contributed by atoms with Gasteiger partial charge < -0.3 is 5.32 Å². The van der Waals surface area contributed by atoms with Crippen LogP contribution in [-0.4, -0.2) is 11.5 Å². The summed E-state index contributed by atoms with van der Waals surface area (Å²) in [6, 6.07) is 4.63. The molecule has 4 heteroatoms. The van der Waals surface area contributed by atoms with E-state index in [0.29, 0.717) is 6.04 Å². The summed E-state index contributed by atoms with van der Waals surface area (Å²) in [7, 11) is 0. The van der Waals surface area contributed by atoms with E-state index >= 15 is 0 Å². The van der Waals surface area contributed by atoms with Gasteiger partial charge in [-0.15, -0.1) is 12.4 Å². The molecule has 0 spiro atoms. The first-order valence-electron chi connectivity index (χ1n) is 4.72. The van der Waals surface area contributed by atoms with Gasteiger partial charge in [-0.1, -0.05) is 12.5 Å². The van der Waals surface area contributed by atoms with Crippen LogP contribution in [0.5, 0.6) is 0 Å². The molecule has 1 N–H and O–H groups in total. The molecule has 0 bridgehead atoms. The summed E-state index contributed by atoms with van der Waals surface area (Å²) in [5, 5.41) is 3.51. The van der Waals surface area contributed by atoms with Crippen molar-refractivity contribution >= 4 is 28.3 Å². The summed E-state index contributed by atoms with van der Waals surface area (Å²) in [6.07, 6.45) is 5.66. The maximum absolute atomic E-state index is 4.23. The monoisotopic (exact) mass is 276 g/mol. The highest BCUT2D eigenvalue weighted by Gasteiger charge is 2.16. The van der Waals surface area contributed by atoms with Gasteiger partial charge >= 0.3 is 0 Å². The highest BCUT2D eigenvalue weighted by Crippen LogP contribution is 2.27. The van der Waals surface area contributed by atoms with Crippen LogP contribution in [0.25, 0.3) is 0 Å². The van der Waals surface area contributed by atoms with E-state index in [9.17, 15) is 0 Å². The summed E-state index contributed by atoms with van der Waals surface area (Å²) < 4.78 is 0.981. The van der Waals surface area contributed by atoms with Crippen LogP contribution < -0.4 is 5.32 Å². The van der Waals surface area contributed by atoms with Crippen molar-refractivity contribution < 1.29 is 0 Å². The zero-order valence-corrected chi connectivity index (χ0v) is 10.3. The molecular weight excluding hydrogens is 263 g/mol. The third-order valence-corrected chi connectivity index (χ3v) is 3.14. The quantitative estimate of drug-likeness (QED) is 0.798. The van der Waals surface area contributed by atoms with Gasteiger partial charge in [0.05, 0.1) is 0 Å². The van der Waals surface area contributed by atoms with Crippen LogP contribution in [-0.2, 0) is 0 Å². The molecule has 78 valence electrons. The van der Waals surface area contributed by atoms with Gasteiger partial charge in [-0.2, -0.15) is 0 Å². The van der Waals surface area contributed by atoms with E-state index in [0.717, 1.165) is 11.1 Å². The molecule has 1 aromatic heterocycles. The summed E-state index contributed by atoms with van der Waals surface area (Å²) in [4.78, 5) is 4.23. The minimum absolute atomic E-state index is 0. The van der Waals surface area contributed by atoms with E-state index in [2.05, 4.69) is 32.3 Å². The van der Waals surface area contributed by atoms with Crippen molar-refractivity contribution in [3.8, 4) is 0 Å². The predicted octanol–water partition coefficient (Wildman–Crippen LogP) is 3.08. The van der Waals surface area contributed by atoms with Crippen LogP contribution >= 0.6 is 28.3 Å². The minimum Gasteiger partial charge on any atom is -0.310 e. The van der Waals surface area contributed by atoms with Gasteiger partial charge in [0.25, 0.3) is 0 Å². The first-order chi connectivity index (χ1) is 6.38. The second kappa shape index (κ2) is 5.69. The van der Waals surface area contributed by atoms with Crippen molar-refractivity contribution in [1.29, 1.82) is 0 Å². The fraction of sp³-hybridized carbons (Fsp3) is 0.500. The first kappa shape index (κ1) is 12.0. The molecule has 1 aromatic rings. The van der Waals surface area contributed by atoms with E-state index < -0.39 is 0 Å². The highest BCUT2D eigenvalue weighted by atomic mass is 79.9. The standard InChI is InChI=1S/C10H13BrN2.ClH/c11-10-8(4-3-7-13-10)9-5-1-2-6-12-9;/h3-4,7,9,12H,1-2,5-6H2;1H/t9-;/m1./s1. The van der Waals surface area contributed by atoms with Crippen LogP contribution in [0.15, 0.2) is 22.9 Å². The van der Waals surface area contributed by atoms with E-state index in [1.54, 1.807) is 0 Å². The summed E-state index contributed by atoms with van der Waals surface area (Å²) >= 11 is 3.48. The number of rotatable bonds is 1. The van der Waals surface area contributed by atoms with Gasteiger partial charge in [0.1, 0.15) is 4.60 Å². The molecule has 0 aliphatic carbocycles. The fourth-order valence-electron chi connectivity index (χ4n) is 1.78. The van der Waals surface area contributed by atoms with E-state index in [1.165, 1.54) is 24.8 Å². The van der Waals surface area contributed by atoms with Gasteiger partial charge in [0, 0.05) is 17.8 Å². The van der Waals surface area contributed by atoms with Crippen molar-refractivity contribution in [2.75, 3.05) is 6.54 Å². The van der Waals surface area contributed by atoms with E-state index in [1.807, 2.05) is 12.3 Å². The SMILES string of the molecule is Brc1ncccc1[C@H]1CCCCN1.Cl. The highest BCUT2D eigenvalue weighted by molar-refractivity contribution is 9.10. The van der Waals surface area contributed by atoms with Crippen molar-refractivity contribution in [2.45, 2.75) is 25.3 Å². The Bertz CT molecular complexity index is 287. The molecule has 0 unspecified atom stereocenters. The number of piperidine rings is 1. The molecule has 1 aliphatic heterocycles. The largest absolute Gasteiger partial charge is 0.310 e. The fourth-order valence-corrected chi connectivity index (χ4v) is 2.30. The number of nitrogens with one attached hydrogen (secondary N) is 1. The smallest absolute Gasteiger partial charge is 0.110 e. The Balaban J connectivity index is 0.000000980. The molecule has 14 heavy (non-hydrogen) atoms. The molecule has 1 aliphatic rings. The Morgan fingerprint density at radius 3 is 2.93 bits per heavy atom. The molecule has 0 radical (unpaired) electrons. The lowest BCUT2D eigenvalue weighted by Crippen LogP contribution is -2.27. The third kappa shape index (κ3) is 2.69. The zero-order valence-electron chi connectivity index (χ0n) is 7.87. The Hall–Kier alpha value is -0.120. The van der Waals surface area contributed by atoms with Crippen LogP contribution in [0, 0.1) is 0 Å². The summed E-state index contributed by atoms with van der Waals surface area (Å²) in [6.45, 7) is 1.13. The van der Waals surface area contributed by atoms with Gasteiger partial charge in [-0.3, -0.25) is 0 Å². The van der Waals surface area contributed by atoms with Crippen LogP contribution in [0.2, 0.25) is 0 Å². The van der Waals surface area contributed by atoms with Gasteiger partial charge in [-0.25, -0.2) is 4.98 Å². The van der Waals surface area contributed by atoms with E-state index in [4.69, 9.17) is 0 Å². The van der Waals surface area contributed by atoms with Crippen molar-refractivity contribution in [3.05, 3.63) is 28.5 Å². The minimum atomic E-state index is 0. The summed E-state index contributed by atoms with van der Waals surface area (Å²) in [5.74, 6) is 0. The Kier molecular flexibility index (Phi) is 4.85. The average molecular weight is 278 g/mol. The maximum atomic E-state index is 4.23. The van der Waals surface area contributed by atoms with Crippen LogP contribution in [0.3, 0.4) is 0 Å². The van der Waals surface area contributed by atoms with Crippen LogP contribution in [0.1, 0.15) is 30.9 Å². The number of hydrogen-bond donors (Lipinski definition) is 1. The Labute approximate surface area is 99.0 Å². The van der Waals surface area contributed by atoms with Gasteiger partial charge in [0.15, 0.2) is 0 Å². The zero-order chi connectivity index (χ0) is 9.10. The molecule has 0 amide bonds. The second-order valence-corrected chi connectivity index (χ2v) is 4.14. The molecule has 2 heterocycles. The number of pyridine rings is 1. The van der Waals surface area contributed by atoms with E-state index in [-0.39, 0.29) is 12.4 Å². The Morgan fingerprint density at radius 1 is 1.43 bits per heavy atom. The number of halogens is 2.